The van der Waals surface area contributed by atoms with Gasteiger partial charge in [-0.3, -0.25) is 4.79 Å². The van der Waals surface area contributed by atoms with Gasteiger partial charge in [-0.15, -0.1) is 0 Å². The third-order valence-electron chi connectivity index (χ3n) is 5.12. The third kappa shape index (κ3) is 4.88. The molecule has 1 saturated heterocycles. The molecule has 3 rings (SSSR count). The first-order valence-corrected chi connectivity index (χ1v) is 11.5. The molecular formula is C22H26N2O5S. The molecule has 0 aromatic heterocycles. The molecule has 1 heterocycles. The number of amides is 1. The Hall–Kier alpha value is -2.71. The number of hydrogen-bond acceptors (Lipinski definition) is 5. The average Bonchev–Trinajstić information content (AvgIpc) is 2.74. The van der Waals surface area contributed by atoms with E-state index in [-0.39, 0.29) is 16.8 Å². The van der Waals surface area contributed by atoms with Crippen LogP contribution in [0.2, 0.25) is 0 Å². The van der Waals surface area contributed by atoms with Crippen LogP contribution in [0, 0.1) is 0 Å². The maximum atomic E-state index is 12.9. The smallest absolute Gasteiger partial charge is 0.338 e. The summed E-state index contributed by atoms with van der Waals surface area (Å²) >= 11 is 0. The fourth-order valence-corrected chi connectivity index (χ4v) is 5.15. The number of ether oxygens (including phenoxy) is 1. The van der Waals surface area contributed by atoms with E-state index in [1.807, 2.05) is 6.92 Å². The van der Waals surface area contributed by atoms with E-state index in [0.717, 1.165) is 19.3 Å². The summed E-state index contributed by atoms with van der Waals surface area (Å²) in [5.41, 5.74) is 1.26. The molecule has 1 amide bonds. The van der Waals surface area contributed by atoms with E-state index in [1.54, 1.807) is 31.2 Å². The lowest BCUT2D eigenvalue weighted by Crippen LogP contribution is -2.41. The molecule has 0 radical (unpaired) electrons. The molecule has 0 bridgehead atoms. The van der Waals surface area contributed by atoms with Crippen molar-refractivity contribution >= 4 is 27.6 Å². The molecule has 0 aliphatic carbocycles. The van der Waals surface area contributed by atoms with Crippen LogP contribution in [0.4, 0.5) is 5.69 Å². The number of anilines is 1. The summed E-state index contributed by atoms with van der Waals surface area (Å²) < 4.78 is 32.2. The SMILES string of the molecule is CCOC(=O)c1ccc(NC(=O)c2ccc(S(=O)(=O)N3CCCC[C@@H]3C)cc2)cc1. The highest BCUT2D eigenvalue weighted by Crippen LogP contribution is 2.25. The Morgan fingerprint density at radius 3 is 2.27 bits per heavy atom. The van der Waals surface area contributed by atoms with Gasteiger partial charge in [0, 0.05) is 23.8 Å². The van der Waals surface area contributed by atoms with Crippen LogP contribution in [0.1, 0.15) is 53.8 Å². The molecule has 30 heavy (non-hydrogen) atoms. The second-order valence-electron chi connectivity index (χ2n) is 7.24. The number of benzene rings is 2. The molecule has 1 aliphatic heterocycles. The van der Waals surface area contributed by atoms with Gasteiger partial charge < -0.3 is 10.1 Å². The maximum Gasteiger partial charge on any atom is 0.338 e. The lowest BCUT2D eigenvalue weighted by Gasteiger charge is -2.32. The Morgan fingerprint density at radius 2 is 1.67 bits per heavy atom. The number of carbonyl (C=O) groups excluding carboxylic acids is 2. The number of carbonyl (C=O) groups is 2. The monoisotopic (exact) mass is 430 g/mol. The molecule has 1 aliphatic rings. The molecule has 7 nitrogen and oxygen atoms in total. The van der Waals surface area contributed by atoms with Gasteiger partial charge in [-0.05, 0) is 75.2 Å². The van der Waals surface area contributed by atoms with E-state index >= 15 is 0 Å². The molecule has 0 spiro atoms. The molecule has 1 fully saturated rings. The van der Waals surface area contributed by atoms with Gasteiger partial charge >= 0.3 is 5.97 Å². The molecular weight excluding hydrogens is 404 g/mol. The summed E-state index contributed by atoms with van der Waals surface area (Å²) in [5, 5.41) is 2.73. The van der Waals surface area contributed by atoms with Crippen molar-refractivity contribution in [1.29, 1.82) is 0 Å². The fourth-order valence-electron chi connectivity index (χ4n) is 3.45. The number of rotatable bonds is 6. The first kappa shape index (κ1) is 22.0. The van der Waals surface area contributed by atoms with Crippen LogP contribution in [-0.4, -0.2) is 43.8 Å². The highest BCUT2D eigenvalue weighted by Gasteiger charge is 2.30. The molecule has 0 saturated carbocycles. The van der Waals surface area contributed by atoms with E-state index in [0.29, 0.717) is 30.0 Å². The molecule has 2 aromatic rings. The third-order valence-corrected chi connectivity index (χ3v) is 7.15. The Bertz CT molecular complexity index is 1000. The zero-order valence-corrected chi connectivity index (χ0v) is 17.9. The van der Waals surface area contributed by atoms with Crippen molar-refractivity contribution in [2.75, 3.05) is 18.5 Å². The highest BCUT2D eigenvalue weighted by molar-refractivity contribution is 7.89. The average molecular weight is 431 g/mol. The van der Waals surface area contributed by atoms with Crippen LogP contribution in [0.5, 0.6) is 0 Å². The van der Waals surface area contributed by atoms with Crippen LogP contribution < -0.4 is 5.32 Å². The van der Waals surface area contributed by atoms with Crippen LogP contribution in [0.25, 0.3) is 0 Å². The normalized spacial score (nSPS) is 17.3. The van der Waals surface area contributed by atoms with E-state index in [1.165, 1.54) is 28.6 Å². The summed E-state index contributed by atoms with van der Waals surface area (Å²) in [6.07, 6.45) is 2.75. The minimum absolute atomic E-state index is 0.0238. The Kier molecular flexibility index (Phi) is 6.89. The van der Waals surface area contributed by atoms with Crippen molar-refractivity contribution in [2.24, 2.45) is 0 Å². The van der Waals surface area contributed by atoms with Crippen LogP contribution >= 0.6 is 0 Å². The molecule has 8 heteroatoms. The van der Waals surface area contributed by atoms with Crippen molar-refractivity contribution < 1.29 is 22.7 Å². The zero-order valence-electron chi connectivity index (χ0n) is 17.1. The standard InChI is InChI=1S/C22H26N2O5S/c1-3-29-22(26)18-7-11-19(12-8-18)23-21(25)17-9-13-20(14-10-17)30(27,28)24-15-5-4-6-16(24)2/h7-14,16H,3-6,15H2,1-2H3,(H,23,25)/t16-/m0/s1. The van der Waals surface area contributed by atoms with Crippen LogP contribution in [-0.2, 0) is 14.8 Å². The van der Waals surface area contributed by atoms with Crippen molar-refractivity contribution in [2.45, 2.75) is 44.0 Å². The van der Waals surface area contributed by atoms with Gasteiger partial charge in [0.15, 0.2) is 0 Å². The van der Waals surface area contributed by atoms with E-state index < -0.39 is 16.0 Å². The predicted molar refractivity (Wildman–Crippen MR) is 114 cm³/mol. The van der Waals surface area contributed by atoms with E-state index in [9.17, 15) is 18.0 Å². The molecule has 1 atom stereocenters. The zero-order chi connectivity index (χ0) is 21.7. The van der Waals surface area contributed by atoms with Crippen molar-refractivity contribution in [3.63, 3.8) is 0 Å². The summed E-state index contributed by atoms with van der Waals surface area (Å²) in [6.45, 7) is 4.47. The first-order valence-electron chi connectivity index (χ1n) is 10.0. The minimum atomic E-state index is -3.57. The summed E-state index contributed by atoms with van der Waals surface area (Å²) in [5.74, 6) is -0.788. The Balaban J connectivity index is 1.68. The largest absolute Gasteiger partial charge is 0.462 e. The molecule has 2 aromatic carbocycles. The first-order chi connectivity index (χ1) is 14.3. The Labute approximate surface area is 177 Å². The maximum absolute atomic E-state index is 12.9. The van der Waals surface area contributed by atoms with Crippen LogP contribution in [0.3, 0.4) is 0 Å². The van der Waals surface area contributed by atoms with Gasteiger partial charge in [-0.2, -0.15) is 4.31 Å². The number of sulfonamides is 1. The van der Waals surface area contributed by atoms with Gasteiger partial charge in [0.05, 0.1) is 17.1 Å². The topological polar surface area (TPSA) is 92.8 Å². The van der Waals surface area contributed by atoms with Crippen molar-refractivity contribution in [3.05, 3.63) is 59.7 Å². The fraction of sp³-hybridized carbons (Fsp3) is 0.364. The van der Waals surface area contributed by atoms with Crippen LogP contribution in [0.15, 0.2) is 53.4 Å². The summed E-state index contributed by atoms with van der Waals surface area (Å²) in [7, 11) is -3.57. The molecule has 0 unspecified atom stereocenters. The van der Waals surface area contributed by atoms with Crippen molar-refractivity contribution in [3.8, 4) is 0 Å². The second kappa shape index (κ2) is 9.40. The van der Waals surface area contributed by atoms with E-state index in [4.69, 9.17) is 4.74 Å². The lowest BCUT2D eigenvalue weighted by molar-refractivity contribution is 0.0526. The summed E-state index contributed by atoms with van der Waals surface area (Å²) in [6, 6.07) is 12.3. The Morgan fingerprint density at radius 1 is 1.03 bits per heavy atom. The van der Waals surface area contributed by atoms with E-state index in [2.05, 4.69) is 5.32 Å². The van der Waals surface area contributed by atoms with Gasteiger partial charge in [0.2, 0.25) is 10.0 Å². The number of hydrogen-bond donors (Lipinski definition) is 1. The number of nitrogens with zero attached hydrogens (tertiary/aromatic N) is 1. The number of nitrogens with one attached hydrogen (secondary N) is 1. The van der Waals surface area contributed by atoms with Gasteiger partial charge in [0.25, 0.3) is 5.91 Å². The number of piperidine rings is 1. The lowest BCUT2D eigenvalue weighted by atomic mass is 10.1. The molecule has 160 valence electrons. The minimum Gasteiger partial charge on any atom is -0.462 e. The molecule has 1 N–H and O–H groups in total. The number of esters is 1. The van der Waals surface area contributed by atoms with Gasteiger partial charge in [-0.1, -0.05) is 6.42 Å². The second-order valence-corrected chi connectivity index (χ2v) is 9.13. The summed E-state index contributed by atoms with van der Waals surface area (Å²) in [4.78, 5) is 24.4. The van der Waals surface area contributed by atoms with Gasteiger partial charge in [0.1, 0.15) is 0 Å². The quantitative estimate of drug-likeness (QED) is 0.706. The highest BCUT2D eigenvalue weighted by atomic mass is 32.2. The predicted octanol–water partition coefficient (Wildman–Crippen LogP) is 3.68. The van der Waals surface area contributed by atoms with Crippen molar-refractivity contribution in [1.82, 2.24) is 4.31 Å². The van der Waals surface area contributed by atoms with Gasteiger partial charge in [-0.25, -0.2) is 13.2 Å².